The minimum atomic E-state index is 0.346. The zero-order valence-corrected chi connectivity index (χ0v) is 26.2. The van der Waals surface area contributed by atoms with Crippen LogP contribution in [0.1, 0.15) is 87.2 Å². The SMILES string of the molecule is c1cc2c(ncc3nc([C@@H]4CCCN4)n([C@@H]4CCCOC4)c32)[nH]1.c1cc2c(ncc3nc([C@@H]4CCCN4)n([C@H]4CCCOC4)c32)[nH]1. The van der Waals surface area contributed by atoms with Crippen molar-refractivity contribution in [3.8, 4) is 0 Å². The number of hydrogen-bond donors (Lipinski definition) is 4. The molecule has 6 aromatic rings. The molecule has 0 radical (unpaired) electrons. The third-order valence-electron chi connectivity index (χ3n) is 10.3. The zero-order valence-electron chi connectivity index (χ0n) is 26.2. The molecule has 46 heavy (non-hydrogen) atoms. The molecule has 6 aromatic heterocycles. The summed E-state index contributed by atoms with van der Waals surface area (Å²) < 4.78 is 16.4. The normalized spacial score (nSPS) is 25.6. The highest BCUT2D eigenvalue weighted by Crippen LogP contribution is 2.36. The molecule has 4 N–H and O–H groups in total. The molecule has 10 heterocycles. The van der Waals surface area contributed by atoms with E-state index >= 15 is 0 Å². The lowest BCUT2D eigenvalue weighted by atomic mass is 10.1. The number of pyridine rings is 2. The van der Waals surface area contributed by atoms with E-state index in [-0.39, 0.29) is 0 Å². The quantitative estimate of drug-likeness (QED) is 0.206. The molecule has 0 saturated carbocycles. The minimum Gasteiger partial charge on any atom is -0.379 e. The Morgan fingerprint density at radius 2 is 1.13 bits per heavy atom. The molecular weight excluding hydrogens is 580 g/mol. The number of nitrogens with one attached hydrogen (secondary N) is 4. The highest BCUT2D eigenvalue weighted by atomic mass is 16.5. The van der Waals surface area contributed by atoms with E-state index in [9.17, 15) is 0 Å². The van der Waals surface area contributed by atoms with Gasteiger partial charge < -0.3 is 39.2 Å². The van der Waals surface area contributed by atoms with Crippen molar-refractivity contribution in [3.63, 3.8) is 0 Å². The first-order valence-corrected chi connectivity index (χ1v) is 17.1. The van der Waals surface area contributed by atoms with Gasteiger partial charge in [0, 0.05) is 36.4 Å². The summed E-state index contributed by atoms with van der Waals surface area (Å²) in [6.07, 6.45) is 17.0. The van der Waals surface area contributed by atoms with Crippen LogP contribution >= 0.6 is 0 Å². The second kappa shape index (κ2) is 12.1. The lowest BCUT2D eigenvalue weighted by molar-refractivity contribution is 0.0591. The van der Waals surface area contributed by atoms with E-state index in [0.717, 1.165) is 123 Å². The molecule has 0 bridgehead atoms. The molecule has 0 unspecified atom stereocenters. The summed E-state index contributed by atoms with van der Waals surface area (Å²) in [6, 6.07) is 5.64. The average Bonchev–Trinajstić information content (AvgIpc) is 3.94. The number of aromatic nitrogens is 8. The Kier molecular flexibility index (Phi) is 7.45. The smallest absolute Gasteiger partial charge is 0.139 e. The van der Waals surface area contributed by atoms with Crippen molar-refractivity contribution in [2.75, 3.05) is 39.5 Å². The fourth-order valence-corrected chi connectivity index (χ4v) is 8.12. The molecule has 4 aliphatic heterocycles. The van der Waals surface area contributed by atoms with Gasteiger partial charge in [0.25, 0.3) is 0 Å². The molecule has 0 aromatic carbocycles. The van der Waals surface area contributed by atoms with Gasteiger partial charge in [-0.3, -0.25) is 0 Å². The molecule has 4 saturated heterocycles. The van der Waals surface area contributed by atoms with Gasteiger partial charge in [-0.1, -0.05) is 0 Å². The zero-order chi connectivity index (χ0) is 30.5. The highest BCUT2D eigenvalue weighted by Gasteiger charge is 2.30. The number of imidazole rings is 2. The summed E-state index contributed by atoms with van der Waals surface area (Å²) in [5, 5.41) is 9.52. The van der Waals surface area contributed by atoms with Crippen LogP contribution in [0, 0.1) is 0 Å². The van der Waals surface area contributed by atoms with Gasteiger partial charge >= 0.3 is 0 Å². The van der Waals surface area contributed by atoms with Gasteiger partial charge in [0.1, 0.15) is 34.0 Å². The first-order chi connectivity index (χ1) is 22.8. The summed E-state index contributed by atoms with van der Waals surface area (Å²) in [7, 11) is 0. The summed E-state index contributed by atoms with van der Waals surface area (Å²) in [5.74, 6) is 2.31. The molecule has 0 amide bonds. The van der Waals surface area contributed by atoms with E-state index < -0.39 is 0 Å². The second-order valence-corrected chi connectivity index (χ2v) is 13.2. The van der Waals surface area contributed by atoms with Crippen LogP contribution in [0.5, 0.6) is 0 Å². The monoisotopic (exact) mass is 622 g/mol. The van der Waals surface area contributed by atoms with E-state index in [1.54, 1.807) is 0 Å². The van der Waals surface area contributed by atoms with Crippen LogP contribution < -0.4 is 10.6 Å². The number of ether oxygens (including phenoxy) is 2. The summed E-state index contributed by atoms with van der Waals surface area (Å²) in [4.78, 5) is 25.4. The van der Waals surface area contributed by atoms with Gasteiger partial charge in [-0.2, -0.15) is 0 Å². The van der Waals surface area contributed by atoms with E-state index in [1.807, 2.05) is 24.8 Å². The molecule has 0 spiro atoms. The molecule has 4 aliphatic rings. The topological polar surface area (TPSA) is 136 Å². The van der Waals surface area contributed by atoms with E-state index in [2.05, 4.69) is 51.8 Å². The molecule has 0 aliphatic carbocycles. The van der Waals surface area contributed by atoms with E-state index in [0.29, 0.717) is 24.2 Å². The van der Waals surface area contributed by atoms with Crippen molar-refractivity contribution in [1.29, 1.82) is 0 Å². The maximum atomic E-state index is 5.77. The van der Waals surface area contributed by atoms with Gasteiger partial charge in [-0.25, -0.2) is 19.9 Å². The number of fused-ring (bicyclic) bond motifs is 6. The Morgan fingerprint density at radius 1 is 0.630 bits per heavy atom. The Labute approximate surface area is 266 Å². The van der Waals surface area contributed by atoms with Crippen molar-refractivity contribution in [3.05, 3.63) is 48.6 Å². The lowest BCUT2D eigenvalue weighted by Gasteiger charge is -2.27. The molecule has 12 heteroatoms. The third-order valence-corrected chi connectivity index (χ3v) is 10.3. The van der Waals surface area contributed by atoms with Crippen molar-refractivity contribution < 1.29 is 9.47 Å². The first kappa shape index (κ1) is 28.4. The molecule has 240 valence electrons. The maximum absolute atomic E-state index is 5.77. The number of nitrogens with zero attached hydrogens (tertiary/aromatic N) is 6. The highest BCUT2D eigenvalue weighted by molar-refractivity contribution is 6.02. The largest absolute Gasteiger partial charge is 0.379 e. The van der Waals surface area contributed by atoms with Crippen LogP contribution in [0.4, 0.5) is 0 Å². The lowest BCUT2D eigenvalue weighted by Crippen LogP contribution is -2.26. The Hall–Kier alpha value is -3.84. The first-order valence-electron chi connectivity index (χ1n) is 17.1. The Balaban J connectivity index is 0.000000127. The van der Waals surface area contributed by atoms with Crippen LogP contribution in [0.25, 0.3) is 44.1 Å². The standard InChI is InChI=1S/2C17H21N5O/c2*1-4-13(18-6-1)17-21-14-9-20-16-12(5-7-19-16)15(14)22(17)11-3-2-8-23-10-11/h2*5,7,9,11,13,18H,1-4,6,8,10H2,(H,19,20)/t11-,13+;11-,13-/m10/s1. The molecule has 10 rings (SSSR count). The number of aromatic amines is 2. The second-order valence-electron chi connectivity index (χ2n) is 13.2. The van der Waals surface area contributed by atoms with E-state index in [1.165, 1.54) is 23.9 Å². The van der Waals surface area contributed by atoms with Crippen LogP contribution in [0.2, 0.25) is 0 Å². The van der Waals surface area contributed by atoms with Crippen LogP contribution in [0.15, 0.2) is 36.9 Å². The van der Waals surface area contributed by atoms with Crippen molar-refractivity contribution in [2.24, 2.45) is 0 Å². The summed E-state index contributed by atoms with van der Waals surface area (Å²) in [5.41, 5.74) is 6.26. The molecular formula is C34H42N10O2. The number of H-pyrrole nitrogens is 2. The van der Waals surface area contributed by atoms with Gasteiger partial charge in [-0.15, -0.1) is 0 Å². The third kappa shape index (κ3) is 4.90. The van der Waals surface area contributed by atoms with Crippen LogP contribution in [-0.2, 0) is 9.47 Å². The summed E-state index contributed by atoms with van der Waals surface area (Å²) >= 11 is 0. The predicted octanol–water partition coefficient (Wildman–Crippen LogP) is 5.38. The molecule has 4 atom stereocenters. The number of rotatable bonds is 4. The predicted molar refractivity (Wildman–Crippen MR) is 177 cm³/mol. The maximum Gasteiger partial charge on any atom is 0.139 e. The fraction of sp³-hybridized carbons (Fsp3) is 0.529. The van der Waals surface area contributed by atoms with E-state index in [4.69, 9.17) is 19.4 Å². The van der Waals surface area contributed by atoms with Gasteiger partial charge in [0.2, 0.25) is 0 Å². The van der Waals surface area contributed by atoms with Crippen LogP contribution in [-0.4, -0.2) is 78.6 Å². The van der Waals surface area contributed by atoms with Crippen molar-refractivity contribution >= 4 is 44.1 Å². The number of hydrogen-bond acceptors (Lipinski definition) is 8. The molecule has 4 fully saturated rings. The minimum absolute atomic E-state index is 0.346. The Morgan fingerprint density at radius 3 is 1.54 bits per heavy atom. The van der Waals surface area contributed by atoms with Crippen molar-refractivity contribution in [1.82, 2.24) is 49.7 Å². The summed E-state index contributed by atoms with van der Waals surface area (Å²) in [6.45, 7) is 5.46. The van der Waals surface area contributed by atoms with Gasteiger partial charge in [-0.05, 0) is 76.6 Å². The molecule has 12 nitrogen and oxygen atoms in total. The Bertz CT molecular complexity index is 1820. The average molecular weight is 623 g/mol. The van der Waals surface area contributed by atoms with Gasteiger partial charge in [0.15, 0.2) is 0 Å². The van der Waals surface area contributed by atoms with Gasteiger partial charge in [0.05, 0.1) is 60.8 Å². The fourth-order valence-electron chi connectivity index (χ4n) is 8.12. The van der Waals surface area contributed by atoms with Crippen LogP contribution in [0.3, 0.4) is 0 Å². The van der Waals surface area contributed by atoms with Crippen molar-refractivity contribution in [2.45, 2.75) is 75.5 Å².